The van der Waals surface area contributed by atoms with Crippen LogP contribution >= 0.6 is 12.4 Å². The second-order valence-corrected chi connectivity index (χ2v) is 5.41. The molecule has 0 radical (unpaired) electrons. The van der Waals surface area contributed by atoms with Crippen LogP contribution in [0.5, 0.6) is 0 Å². The summed E-state index contributed by atoms with van der Waals surface area (Å²) < 4.78 is 18.4. The third-order valence-electron chi connectivity index (χ3n) is 3.60. The first-order valence-corrected chi connectivity index (χ1v) is 7.28. The third kappa shape index (κ3) is 4.44. The average molecular weight is 332 g/mol. The Morgan fingerprint density at radius 1 is 1.09 bits per heavy atom. The molecule has 0 amide bonds. The van der Waals surface area contributed by atoms with Gasteiger partial charge in [-0.3, -0.25) is 4.90 Å². The first-order valence-electron chi connectivity index (χ1n) is 7.28. The van der Waals surface area contributed by atoms with Crippen molar-refractivity contribution >= 4 is 29.5 Å². The standard InChI is InChI=1S/C19H18FNO.ClH/c1-21(12-4-5-15-8-10-17(20)11-9-15)13-16-14-22-19-7-3-2-6-18(16)19;/h2-11,14H,12-13H2,1H3;1H/b5-4+;. The van der Waals surface area contributed by atoms with Gasteiger partial charge < -0.3 is 4.42 Å². The number of nitrogens with zero attached hydrogens (tertiary/aromatic N) is 1. The van der Waals surface area contributed by atoms with Crippen LogP contribution in [-0.2, 0) is 6.54 Å². The summed E-state index contributed by atoms with van der Waals surface area (Å²) >= 11 is 0. The van der Waals surface area contributed by atoms with Gasteiger partial charge in [-0.1, -0.05) is 42.5 Å². The Morgan fingerprint density at radius 2 is 1.83 bits per heavy atom. The van der Waals surface area contributed by atoms with Gasteiger partial charge in [-0.25, -0.2) is 4.39 Å². The van der Waals surface area contributed by atoms with Crippen molar-refractivity contribution in [1.82, 2.24) is 4.90 Å². The fraction of sp³-hybridized carbons (Fsp3) is 0.158. The van der Waals surface area contributed by atoms with E-state index in [-0.39, 0.29) is 18.2 Å². The molecule has 0 N–H and O–H groups in total. The lowest BCUT2D eigenvalue weighted by atomic mass is 10.1. The zero-order valence-electron chi connectivity index (χ0n) is 12.9. The minimum absolute atomic E-state index is 0. The van der Waals surface area contributed by atoms with E-state index in [1.165, 1.54) is 17.7 Å². The zero-order valence-corrected chi connectivity index (χ0v) is 13.7. The van der Waals surface area contributed by atoms with Gasteiger partial charge in [0, 0.05) is 24.0 Å². The Kier molecular flexibility index (Phi) is 5.97. The summed E-state index contributed by atoms with van der Waals surface area (Å²) in [5.74, 6) is -0.207. The summed E-state index contributed by atoms with van der Waals surface area (Å²) in [6.07, 6.45) is 5.91. The summed E-state index contributed by atoms with van der Waals surface area (Å²) in [6.45, 7) is 1.64. The molecule has 4 heteroatoms. The summed E-state index contributed by atoms with van der Waals surface area (Å²) in [4.78, 5) is 2.21. The summed E-state index contributed by atoms with van der Waals surface area (Å²) in [6, 6.07) is 14.6. The average Bonchev–Trinajstić information content (AvgIpc) is 2.93. The fourth-order valence-electron chi connectivity index (χ4n) is 2.45. The predicted octanol–water partition coefficient (Wildman–Crippen LogP) is 5.14. The van der Waals surface area contributed by atoms with E-state index in [4.69, 9.17) is 4.42 Å². The van der Waals surface area contributed by atoms with Gasteiger partial charge in [-0.05, 0) is 30.8 Å². The molecular weight excluding hydrogens is 313 g/mol. The molecule has 1 aromatic heterocycles. The molecule has 0 saturated heterocycles. The molecule has 0 bridgehead atoms. The highest BCUT2D eigenvalue weighted by molar-refractivity contribution is 5.85. The number of para-hydroxylation sites is 1. The molecule has 23 heavy (non-hydrogen) atoms. The number of furan rings is 1. The molecule has 2 aromatic carbocycles. The van der Waals surface area contributed by atoms with Crippen molar-refractivity contribution in [3.8, 4) is 0 Å². The first kappa shape index (κ1) is 17.3. The molecule has 0 atom stereocenters. The number of benzene rings is 2. The SMILES string of the molecule is CN(C/C=C/c1ccc(F)cc1)Cc1coc2ccccc12.Cl. The van der Waals surface area contributed by atoms with Crippen LogP contribution < -0.4 is 0 Å². The number of hydrogen-bond acceptors (Lipinski definition) is 2. The molecule has 0 spiro atoms. The molecule has 0 aliphatic rings. The maximum atomic E-state index is 12.8. The Labute approximate surface area is 141 Å². The van der Waals surface area contributed by atoms with Crippen LogP contribution in [0.4, 0.5) is 4.39 Å². The highest BCUT2D eigenvalue weighted by Gasteiger charge is 2.06. The largest absolute Gasteiger partial charge is 0.464 e. The van der Waals surface area contributed by atoms with Gasteiger partial charge in [0.2, 0.25) is 0 Å². The van der Waals surface area contributed by atoms with Crippen molar-refractivity contribution in [2.24, 2.45) is 0 Å². The lowest BCUT2D eigenvalue weighted by Crippen LogP contribution is -2.17. The molecule has 0 fully saturated rings. The number of likely N-dealkylation sites (N-methyl/N-ethyl adjacent to an activating group) is 1. The molecule has 0 unspecified atom stereocenters. The van der Waals surface area contributed by atoms with E-state index in [0.29, 0.717) is 0 Å². The van der Waals surface area contributed by atoms with Gasteiger partial charge in [-0.15, -0.1) is 12.4 Å². The van der Waals surface area contributed by atoms with Crippen molar-refractivity contribution in [3.05, 3.63) is 77.8 Å². The highest BCUT2D eigenvalue weighted by Crippen LogP contribution is 2.21. The van der Waals surface area contributed by atoms with Crippen molar-refractivity contribution in [2.75, 3.05) is 13.6 Å². The van der Waals surface area contributed by atoms with E-state index in [9.17, 15) is 4.39 Å². The minimum Gasteiger partial charge on any atom is -0.464 e. The van der Waals surface area contributed by atoms with E-state index in [1.807, 2.05) is 30.5 Å². The zero-order chi connectivity index (χ0) is 15.4. The fourth-order valence-corrected chi connectivity index (χ4v) is 2.45. The van der Waals surface area contributed by atoms with E-state index < -0.39 is 0 Å². The lowest BCUT2D eigenvalue weighted by Gasteiger charge is -2.13. The molecular formula is C19H19ClFNO. The quantitative estimate of drug-likeness (QED) is 0.643. The van der Waals surface area contributed by atoms with Crippen LogP contribution in [0.15, 0.2) is 65.3 Å². The van der Waals surface area contributed by atoms with Gasteiger partial charge in [-0.2, -0.15) is 0 Å². The summed E-state index contributed by atoms with van der Waals surface area (Å²) in [7, 11) is 2.07. The van der Waals surface area contributed by atoms with E-state index >= 15 is 0 Å². The predicted molar refractivity (Wildman–Crippen MR) is 95.2 cm³/mol. The van der Waals surface area contributed by atoms with Crippen molar-refractivity contribution in [1.29, 1.82) is 0 Å². The molecule has 0 aliphatic heterocycles. The van der Waals surface area contributed by atoms with Gasteiger partial charge in [0.1, 0.15) is 11.4 Å². The number of halogens is 2. The Hall–Kier alpha value is -2.10. The van der Waals surface area contributed by atoms with Gasteiger partial charge in [0.05, 0.1) is 6.26 Å². The molecule has 3 aromatic rings. The molecule has 0 aliphatic carbocycles. The van der Waals surface area contributed by atoms with E-state index in [0.717, 1.165) is 29.6 Å². The van der Waals surface area contributed by atoms with Gasteiger partial charge >= 0.3 is 0 Å². The van der Waals surface area contributed by atoms with Crippen LogP contribution in [0, 0.1) is 5.82 Å². The Bertz CT molecular complexity index is 779. The first-order chi connectivity index (χ1) is 10.7. The molecule has 1 heterocycles. The molecule has 2 nitrogen and oxygen atoms in total. The summed E-state index contributed by atoms with van der Waals surface area (Å²) in [5.41, 5.74) is 3.12. The Morgan fingerprint density at radius 3 is 2.61 bits per heavy atom. The van der Waals surface area contributed by atoms with Crippen molar-refractivity contribution in [3.63, 3.8) is 0 Å². The normalized spacial score (nSPS) is 11.3. The van der Waals surface area contributed by atoms with E-state index in [1.54, 1.807) is 12.1 Å². The van der Waals surface area contributed by atoms with Crippen LogP contribution in [0.25, 0.3) is 17.0 Å². The lowest BCUT2D eigenvalue weighted by molar-refractivity contribution is 0.363. The van der Waals surface area contributed by atoms with Crippen molar-refractivity contribution in [2.45, 2.75) is 6.54 Å². The molecule has 3 rings (SSSR count). The van der Waals surface area contributed by atoms with Crippen LogP contribution in [0.1, 0.15) is 11.1 Å². The monoisotopic (exact) mass is 331 g/mol. The molecule has 0 saturated carbocycles. The van der Waals surface area contributed by atoms with Crippen LogP contribution in [-0.4, -0.2) is 18.5 Å². The van der Waals surface area contributed by atoms with Crippen molar-refractivity contribution < 1.29 is 8.81 Å². The maximum absolute atomic E-state index is 12.8. The third-order valence-corrected chi connectivity index (χ3v) is 3.60. The number of rotatable bonds is 5. The number of fused-ring (bicyclic) bond motifs is 1. The second kappa shape index (κ2) is 7.95. The molecule has 120 valence electrons. The van der Waals surface area contributed by atoms with Crippen LogP contribution in [0.3, 0.4) is 0 Å². The number of hydrogen-bond donors (Lipinski definition) is 0. The maximum Gasteiger partial charge on any atom is 0.134 e. The Balaban J connectivity index is 0.00000192. The minimum atomic E-state index is -0.207. The smallest absolute Gasteiger partial charge is 0.134 e. The van der Waals surface area contributed by atoms with Gasteiger partial charge in [0.25, 0.3) is 0 Å². The highest BCUT2D eigenvalue weighted by atomic mass is 35.5. The summed E-state index contributed by atoms with van der Waals surface area (Å²) in [5, 5.41) is 1.16. The van der Waals surface area contributed by atoms with Gasteiger partial charge in [0.15, 0.2) is 0 Å². The topological polar surface area (TPSA) is 16.4 Å². The van der Waals surface area contributed by atoms with Crippen LogP contribution in [0.2, 0.25) is 0 Å². The second-order valence-electron chi connectivity index (χ2n) is 5.41. The van der Waals surface area contributed by atoms with E-state index in [2.05, 4.69) is 24.1 Å².